The molecule has 4 heteroatoms. The highest BCUT2D eigenvalue weighted by molar-refractivity contribution is 7.87. The Hall–Kier alpha value is -1.81. The average Bonchev–Trinajstić information content (AvgIpc) is 3.45. The van der Waals surface area contributed by atoms with Crippen molar-refractivity contribution < 1.29 is 13.8 Å². The number of allylic oxidation sites excluding steroid dienone is 4. The lowest BCUT2D eigenvalue weighted by atomic mass is 9.60. The molecule has 1 aromatic carbocycles. The molecule has 0 radical (unpaired) electrons. The molecule has 6 rings (SSSR count). The minimum absolute atomic E-state index is 0.0739. The van der Waals surface area contributed by atoms with Crippen molar-refractivity contribution in [2.24, 2.45) is 41.4 Å². The van der Waals surface area contributed by atoms with Crippen LogP contribution in [0.1, 0.15) is 18.4 Å². The maximum absolute atomic E-state index is 14.0. The van der Waals surface area contributed by atoms with E-state index in [1.165, 1.54) is 0 Å². The average molecular weight is 378 g/mol. The zero-order valence-electron chi connectivity index (χ0n) is 15.2. The molecular weight excluding hydrogens is 356 g/mol. The molecule has 3 nitrogen and oxygen atoms in total. The van der Waals surface area contributed by atoms with Crippen molar-refractivity contribution in [1.29, 1.82) is 0 Å². The molecule has 5 aliphatic rings. The standard InChI is InChI=1S/C23H22O3S/c1-12-2-8-17(9-3-12)27(26)23-16-7-6-15(11-16)20(23)21(24)18-13-4-5-14(10-13)19(18)22(23)25/h2-9,13-16,18-20H,10-11H2,1H3/t13-,14+,15+,16-,18?,19?,20?,23?,27+/m1/s1. The molecular formula is C23H22O3S. The fraction of sp³-hybridized carbons (Fsp3) is 0.478. The molecule has 0 heterocycles. The minimum Gasteiger partial charge on any atom is -0.299 e. The van der Waals surface area contributed by atoms with Crippen LogP contribution in [-0.2, 0) is 20.4 Å². The number of carbonyl (C=O) groups excluding carboxylic acids is 2. The van der Waals surface area contributed by atoms with E-state index < -0.39 is 21.5 Å². The van der Waals surface area contributed by atoms with E-state index in [2.05, 4.69) is 24.3 Å². The van der Waals surface area contributed by atoms with Crippen molar-refractivity contribution in [3.8, 4) is 0 Å². The van der Waals surface area contributed by atoms with Gasteiger partial charge in [0.05, 0.1) is 10.8 Å². The second-order valence-corrected chi connectivity index (χ2v) is 10.7. The SMILES string of the molecule is Cc1ccc([S@](=O)C23C(=O)C4C(C(=O)C2[C@H]2C=C[C@@H]3C2)[C@@H]2C=C[C@H]4C2)cc1. The molecule has 0 aromatic heterocycles. The van der Waals surface area contributed by atoms with Gasteiger partial charge in [-0.15, -0.1) is 0 Å². The zero-order valence-corrected chi connectivity index (χ0v) is 16.0. The summed E-state index contributed by atoms with van der Waals surface area (Å²) in [5, 5.41) is 0. The van der Waals surface area contributed by atoms with Gasteiger partial charge in [0.1, 0.15) is 10.5 Å². The van der Waals surface area contributed by atoms with E-state index in [4.69, 9.17) is 0 Å². The first-order valence-corrected chi connectivity index (χ1v) is 11.1. The van der Waals surface area contributed by atoms with Crippen molar-refractivity contribution >= 4 is 22.4 Å². The number of Topliss-reactive ketones (excluding diaryl/α,β-unsaturated/α-hetero) is 2. The first kappa shape index (κ1) is 16.2. The maximum Gasteiger partial charge on any atom is 0.157 e. The van der Waals surface area contributed by atoms with Gasteiger partial charge in [0.2, 0.25) is 0 Å². The van der Waals surface area contributed by atoms with Gasteiger partial charge in [0, 0.05) is 28.6 Å². The van der Waals surface area contributed by atoms with Crippen LogP contribution in [0.15, 0.2) is 53.5 Å². The summed E-state index contributed by atoms with van der Waals surface area (Å²) in [7, 11) is -1.51. The van der Waals surface area contributed by atoms with Crippen molar-refractivity contribution in [2.75, 3.05) is 0 Å². The Morgan fingerprint density at radius 2 is 1.56 bits per heavy atom. The molecule has 138 valence electrons. The van der Waals surface area contributed by atoms with E-state index >= 15 is 0 Å². The normalized spacial score (nSPS) is 46.8. The minimum atomic E-state index is -1.51. The van der Waals surface area contributed by atoms with Crippen molar-refractivity contribution in [1.82, 2.24) is 0 Å². The van der Waals surface area contributed by atoms with E-state index in [-0.39, 0.29) is 47.1 Å². The lowest BCUT2D eigenvalue weighted by Crippen LogP contribution is -2.64. The van der Waals surface area contributed by atoms with E-state index in [0.717, 1.165) is 18.4 Å². The summed E-state index contributed by atoms with van der Waals surface area (Å²) in [6, 6.07) is 7.63. The Balaban J connectivity index is 1.54. The fourth-order valence-corrected chi connectivity index (χ4v) is 8.90. The Morgan fingerprint density at radius 3 is 2.30 bits per heavy atom. The maximum atomic E-state index is 14.0. The molecule has 9 atom stereocenters. The van der Waals surface area contributed by atoms with Crippen LogP contribution in [0, 0.1) is 48.3 Å². The summed E-state index contributed by atoms with van der Waals surface area (Å²) < 4.78 is 12.9. The predicted octanol–water partition coefficient (Wildman–Crippen LogP) is 3.25. The number of ketones is 2. The van der Waals surface area contributed by atoms with E-state index in [9.17, 15) is 13.8 Å². The molecule has 0 spiro atoms. The molecule has 4 unspecified atom stereocenters. The molecule has 0 saturated heterocycles. The second kappa shape index (κ2) is 5.16. The number of benzene rings is 1. The highest BCUT2D eigenvalue weighted by atomic mass is 32.2. The van der Waals surface area contributed by atoms with E-state index in [1.807, 2.05) is 31.2 Å². The number of rotatable bonds is 2. The first-order valence-electron chi connectivity index (χ1n) is 9.96. The highest BCUT2D eigenvalue weighted by Gasteiger charge is 2.73. The number of hydrogen-bond donors (Lipinski definition) is 0. The molecule has 0 aliphatic heterocycles. The topological polar surface area (TPSA) is 51.2 Å². The molecule has 0 amide bonds. The van der Waals surface area contributed by atoms with Crippen molar-refractivity contribution in [2.45, 2.75) is 29.4 Å². The van der Waals surface area contributed by atoms with Gasteiger partial charge in [-0.3, -0.25) is 13.8 Å². The molecule has 0 N–H and O–H groups in total. The predicted molar refractivity (Wildman–Crippen MR) is 102 cm³/mol. The van der Waals surface area contributed by atoms with Gasteiger partial charge in [0.25, 0.3) is 0 Å². The fourth-order valence-electron chi connectivity index (χ4n) is 6.84. The van der Waals surface area contributed by atoms with Gasteiger partial charge in [-0.05, 0) is 49.7 Å². The van der Waals surface area contributed by atoms with Crippen molar-refractivity contribution in [3.05, 3.63) is 54.1 Å². The third kappa shape index (κ3) is 1.76. The Labute approximate surface area is 161 Å². The Kier molecular flexibility index (Phi) is 3.09. The Morgan fingerprint density at radius 1 is 0.889 bits per heavy atom. The summed E-state index contributed by atoms with van der Waals surface area (Å²) in [6.07, 6.45) is 10.2. The van der Waals surface area contributed by atoms with Gasteiger partial charge in [-0.25, -0.2) is 0 Å². The molecule has 3 saturated carbocycles. The summed E-state index contributed by atoms with van der Waals surface area (Å²) in [5.41, 5.74) is 1.10. The molecule has 4 bridgehead atoms. The van der Waals surface area contributed by atoms with Crippen LogP contribution in [0.2, 0.25) is 0 Å². The van der Waals surface area contributed by atoms with Crippen LogP contribution in [0.25, 0.3) is 0 Å². The quantitative estimate of drug-likeness (QED) is 0.743. The number of fused-ring (bicyclic) bond motifs is 10. The number of hydrogen-bond acceptors (Lipinski definition) is 3. The van der Waals surface area contributed by atoms with E-state index in [1.54, 1.807) is 0 Å². The molecule has 1 aromatic rings. The Bertz CT molecular complexity index is 958. The first-order chi connectivity index (χ1) is 13.0. The van der Waals surface area contributed by atoms with Crippen LogP contribution in [0.4, 0.5) is 0 Å². The summed E-state index contributed by atoms with van der Waals surface area (Å²) in [4.78, 5) is 28.3. The van der Waals surface area contributed by atoms with Crippen LogP contribution in [0.3, 0.4) is 0 Å². The van der Waals surface area contributed by atoms with Gasteiger partial charge >= 0.3 is 0 Å². The van der Waals surface area contributed by atoms with Crippen LogP contribution in [0.5, 0.6) is 0 Å². The highest BCUT2D eigenvalue weighted by Crippen LogP contribution is 2.64. The zero-order chi connectivity index (χ0) is 18.5. The van der Waals surface area contributed by atoms with Gasteiger partial charge < -0.3 is 0 Å². The van der Waals surface area contributed by atoms with Gasteiger partial charge in [0.15, 0.2) is 5.78 Å². The third-order valence-corrected chi connectivity index (χ3v) is 9.95. The summed E-state index contributed by atoms with van der Waals surface area (Å²) in [5.74, 6) is -0.133. The van der Waals surface area contributed by atoms with Crippen molar-refractivity contribution in [3.63, 3.8) is 0 Å². The van der Waals surface area contributed by atoms with E-state index in [0.29, 0.717) is 4.90 Å². The van der Waals surface area contributed by atoms with Gasteiger partial charge in [-0.2, -0.15) is 0 Å². The lowest BCUT2D eigenvalue weighted by molar-refractivity contribution is -0.146. The summed E-state index contributed by atoms with van der Waals surface area (Å²) in [6.45, 7) is 2.00. The van der Waals surface area contributed by atoms with Crippen LogP contribution >= 0.6 is 0 Å². The third-order valence-electron chi connectivity index (χ3n) is 7.88. The lowest BCUT2D eigenvalue weighted by Gasteiger charge is -2.48. The second-order valence-electron chi connectivity index (χ2n) is 9.01. The largest absolute Gasteiger partial charge is 0.299 e. The molecule has 5 aliphatic carbocycles. The molecule has 27 heavy (non-hydrogen) atoms. The molecule has 3 fully saturated rings. The number of aryl methyl sites for hydroxylation is 1. The monoisotopic (exact) mass is 378 g/mol. The van der Waals surface area contributed by atoms with Gasteiger partial charge in [-0.1, -0.05) is 42.0 Å². The smallest absolute Gasteiger partial charge is 0.157 e. The van der Waals surface area contributed by atoms with Crippen LogP contribution < -0.4 is 0 Å². The summed E-state index contributed by atoms with van der Waals surface area (Å²) >= 11 is 0. The van der Waals surface area contributed by atoms with Crippen LogP contribution in [-0.4, -0.2) is 20.5 Å². The number of carbonyl (C=O) groups is 2.